The third-order valence-electron chi connectivity index (χ3n) is 2.11. The van der Waals surface area contributed by atoms with Crippen LogP contribution in [0.2, 0.25) is 5.02 Å². The maximum absolute atomic E-state index is 11.6. The maximum atomic E-state index is 11.6. The molecule has 1 aromatic rings. The van der Waals surface area contributed by atoms with Crippen LogP contribution in [0.4, 0.5) is 0 Å². The summed E-state index contributed by atoms with van der Waals surface area (Å²) in [7, 11) is 0. The van der Waals surface area contributed by atoms with Crippen molar-refractivity contribution in [1.29, 1.82) is 0 Å². The van der Waals surface area contributed by atoms with E-state index in [0.717, 1.165) is 10.0 Å². The van der Waals surface area contributed by atoms with Crippen LogP contribution in [0.1, 0.15) is 26.3 Å². The fourth-order valence-electron chi connectivity index (χ4n) is 1.43. The van der Waals surface area contributed by atoms with Gasteiger partial charge in [0.2, 0.25) is 5.91 Å². The van der Waals surface area contributed by atoms with Gasteiger partial charge in [0.25, 0.3) is 0 Å². The maximum Gasteiger partial charge on any atom is 0.234 e. The highest BCUT2D eigenvalue weighted by atomic mass is 79.9. The number of halogens is 2. The minimum Gasteiger partial charge on any atom is -0.350 e. The summed E-state index contributed by atoms with van der Waals surface area (Å²) in [5.41, 5.74) is 0.853. The molecule has 2 N–H and O–H groups in total. The highest BCUT2D eigenvalue weighted by molar-refractivity contribution is 9.10. The van der Waals surface area contributed by atoms with Crippen LogP contribution in [0.15, 0.2) is 22.7 Å². The molecular weight excluding hydrogens is 316 g/mol. The van der Waals surface area contributed by atoms with Crippen molar-refractivity contribution in [1.82, 2.24) is 10.6 Å². The highest BCUT2D eigenvalue weighted by Crippen LogP contribution is 2.22. The SMILES string of the molecule is CC(C)(C)NC(=O)CNCc1ccc(Br)c(Cl)c1. The van der Waals surface area contributed by atoms with Crippen molar-refractivity contribution in [2.45, 2.75) is 32.9 Å². The molecule has 0 aromatic heterocycles. The van der Waals surface area contributed by atoms with E-state index in [1.54, 1.807) is 0 Å². The average molecular weight is 334 g/mol. The van der Waals surface area contributed by atoms with Crippen molar-refractivity contribution in [2.24, 2.45) is 0 Å². The minimum absolute atomic E-state index is 0.00860. The molecule has 0 saturated heterocycles. The molecule has 0 spiro atoms. The number of carbonyl (C=O) groups is 1. The fourth-order valence-corrected chi connectivity index (χ4v) is 1.88. The number of carbonyl (C=O) groups excluding carboxylic acids is 1. The third-order valence-corrected chi connectivity index (χ3v) is 3.35. The fraction of sp³-hybridized carbons (Fsp3) is 0.462. The zero-order valence-corrected chi connectivity index (χ0v) is 13.2. The molecule has 0 radical (unpaired) electrons. The first-order valence-corrected chi connectivity index (χ1v) is 6.91. The molecule has 0 aliphatic carbocycles. The van der Waals surface area contributed by atoms with Crippen LogP contribution in [0.5, 0.6) is 0 Å². The van der Waals surface area contributed by atoms with Crippen LogP contribution in [0, 0.1) is 0 Å². The summed E-state index contributed by atoms with van der Waals surface area (Å²) in [4.78, 5) is 11.6. The topological polar surface area (TPSA) is 41.1 Å². The predicted molar refractivity (Wildman–Crippen MR) is 78.8 cm³/mol. The lowest BCUT2D eigenvalue weighted by atomic mass is 10.1. The molecule has 0 aliphatic heterocycles. The van der Waals surface area contributed by atoms with Crippen molar-refractivity contribution in [2.75, 3.05) is 6.54 Å². The minimum atomic E-state index is -0.195. The summed E-state index contributed by atoms with van der Waals surface area (Å²) in [6.45, 7) is 6.79. The Balaban J connectivity index is 2.38. The van der Waals surface area contributed by atoms with E-state index in [1.165, 1.54) is 0 Å². The van der Waals surface area contributed by atoms with Gasteiger partial charge in [-0.2, -0.15) is 0 Å². The summed E-state index contributed by atoms with van der Waals surface area (Å²) in [6, 6.07) is 5.74. The molecule has 0 atom stereocenters. The van der Waals surface area contributed by atoms with E-state index in [0.29, 0.717) is 18.1 Å². The second-order valence-electron chi connectivity index (χ2n) is 5.15. The van der Waals surface area contributed by atoms with Gasteiger partial charge >= 0.3 is 0 Å². The molecule has 0 saturated carbocycles. The molecule has 0 fully saturated rings. The van der Waals surface area contributed by atoms with Crippen molar-refractivity contribution < 1.29 is 4.79 Å². The number of hydrogen-bond acceptors (Lipinski definition) is 2. The van der Waals surface area contributed by atoms with Gasteiger partial charge in [0.05, 0.1) is 11.6 Å². The number of hydrogen-bond donors (Lipinski definition) is 2. The Labute approximate surface area is 121 Å². The quantitative estimate of drug-likeness (QED) is 0.889. The second-order valence-corrected chi connectivity index (χ2v) is 6.41. The molecule has 0 bridgehead atoms. The van der Waals surface area contributed by atoms with E-state index in [1.807, 2.05) is 39.0 Å². The van der Waals surface area contributed by atoms with Crippen molar-refractivity contribution in [3.63, 3.8) is 0 Å². The van der Waals surface area contributed by atoms with Crippen LogP contribution in [-0.2, 0) is 11.3 Å². The number of nitrogens with one attached hydrogen (secondary N) is 2. The lowest BCUT2D eigenvalue weighted by Crippen LogP contribution is -2.44. The standard InChI is InChI=1S/C13H18BrClN2O/c1-13(2,3)17-12(18)8-16-7-9-4-5-10(14)11(15)6-9/h4-6,16H,7-8H2,1-3H3,(H,17,18). The first-order valence-electron chi connectivity index (χ1n) is 5.73. The molecule has 0 unspecified atom stereocenters. The van der Waals surface area contributed by atoms with Gasteiger partial charge < -0.3 is 10.6 Å². The van der Waals surface area contributed by atoms with Gasteiger partial charge in [-0.05, 0) is 54.4 Å². The van der Waals surface area contributed by atoms with Crippen LogP contribution in [0.3, 0.4) is 0 Å². The molecular formula is C13H18BrClN2O. The van der Waals surface area contributed by atoms with Crippen LogP contribution >= 0.6 is 27.5 Å². The largest absolute Gasteiger partial charge is 0.350 e. The summed E-state index contributed by atoms with van der Waals surface area (Å²) in [6.07, 6.45) is 0. The Morgan fingerprint density at radius 2 is 2.06 bits per heavy atom. The van der Waals surface area contributed by atoms with Gasteiger partial charge in [-0.3, -0.25) is 4.79 Å². The summed E-state index contributed by atoms with van der Waals surface area (Å²) < 4.78 is 0.874. The number of benzene rings is 1. The molecule has 100 valence electrons. The second kappa shape index (κ2) is 6.55. The van der Waals surface area contributed by atoms with Gasteiger partial charge in [0.1, 0.15) is 0 Å². The van der Waals surface area contributed by atoms with Gasteiger partial charge in [-0.25, -0.2) is 0 Å². The van der Waals surface area contributed by atoms with Crippen molar-refractivity contribution in [3.05, 3.63) is 33.3 Å². The Bertz CT molecular complexity index is 429. The molecule has 1 amide bonds. The first-order chi connectivity index (χ1) is 8.28. The van der Waals surface area contributed by atoms with E-state index in [4.69, 9.17) is 11.6 Å². The Kier molecular flexibility index (Phi) is 5.63. The van der Waals surface area contributed by atoms with Crippen molar-refractivity contribution >= 4 is 33.4 Å². The van der Waals surface area contributed by atoms with E-state index >= 15 is 0 Å². The van der Waals surface area contributed by atoms with Crippen molar-refractivity contribution in [3.8, 4) is 0 Å². The molecule has 5 heteroatoms. The molecule has 0 heterocycles. The van der Waals surface area contributed by atoms with Gasteiger partial charge in [0.15, 0.2) is 0 Å². The molecule has 3 nitrogen and oxygen atoms in total. The van der Waals surface area contributed by atoms with Crippen LogP contribution in [-0.4, -0.2) is 18.0 Å². The van der Waals surface area contributed by atoms with E-state index in [9.17, 15) is 4.79 Å². The zero-order valence-electron chi connectivity index (χ0n) is 10.8. The zero-order chi connectivity index (χ0) is 13.8. The Morgan fingerprint density at radius 3 is 2.61 bits per heavy atom. The van der Waals surface area contributed by atoms with Gasteiger partial charge in [-0.1, -0.05) is 17.7 Å². The highest BCUT2D eigenvalue weighted by Gasteiger charge is 2.12. The van der Waals surface area contributed by atoms with Gasteiger partial charge in [-0.15, -0.1) is 0 Å². The van der Waals surface area contributed by atoms with E-state index in [2.05, 4.69) is 26.6 Å². The van der Waals surface area contributed by atoms with Crippen LogP contribution in [0.25, 0.3) is 0 Å². The summed E-state index contributed by atoms with van der Waals surface area (Å²) >= 11 is 9.33. The Morgan fingerprint density at radius 1 is 1.39 bits per heavy atom. The monoisotopic (exact) mass is 332 g/mol. The normalized spacial score (nSPS) is 11.4. The lowest BCUT2D eigenvalue weighted by molar-refractivity contribution is -0.121. The average Bonchev–Trinajstić information content (AvgIpc) is 2.20. The van der Waals surface area contributed by atoms with Crippen LogP contribution < -0.4 is 10.6 Å². The number of amides is 1. The molecule has 0 aliphatic rings. The molecule has 18 heavy (non-hydrogen) atoms. The third kappa shape index (κ3) is 5.85. The predicted octanol–water partition coefficient (Wildman–Crippen LogP) is 3.11. The molecule has 1 aromatic carbocycles. The van der Waals surface area contributed by atoms with Gasteiger partial charge in [0, 0.05) is 16.6 Å². The number of rotatable bonds is 4. The lowest BCUT2D eigenvalue weighted by Gasteiger charge is -2.20. The molecule has 1 rings (SSSR count). The Hall–Kier alpha value is -0.580. The van der Waals surface area contributed by atoms with E-state index in [-0.39, 0.29) is 11.4 Å². The summed E-state index contributed by atoms with van der Waals surface area (Å²) in [5, 5.41) is 6.65. The first kappa shape index (κ1) is 15.5. The smallest absolute Gasteiger partial charge is 0.234 e. The summed E-state index contributed by atoms with van der Waals surface area (Å²) in [5.74, 6) is -0.00860. The van der Waals surface area contributed by atoms with E-state index < -0.39 is 0 Å².